The summed E-state index contributed by atoms with van der Waals surface area (Å²) < 4.78 is 5.33. The van der Waals surface area contributed by atoms with Gasteiger partial charge in [-0.05, 0) is 30.2 Å². The summed E-state index contributed by atoms with van der Waals surface area (Å²) in [4.78, 5) is 19.3. The van der Waals surface area contributed by atoms with Crippen LogP contribution >= 0.6 is 0 Å². The number of ether oxygens (including phenoxy) is 1. The van der Waals surface area contributed by atoms with E-state index in [2.05, 4.69) is 10.3 Å². The van der Waals surface area contributed by atoms with E-state index in [4.69, 9.17) is 10.5 Å². The maximum atomic E-state index is 12.8. The van der Waals surface area contributed by atoms with Gasteiger partial charge in [-0.3, -0.25) is 0 Å². The van der Waals surface area contributed by atoms with Crippen molar-refractivity contribution >= 4 is 23.3 Å². The van der Waals surface area contributed by atoms with Gasteiger partial charge in [0.05, 0.1) is 17.9 Å². The molecule has 0 radical (unpaired) electrons. The predicted molar refractivity (Wildman–Crippen MR) is 108 cm³/mol. The van der Waals surface area contributed by atoms with Gasteiger partial charge in [-0.25, -0.2) is 9.79 Å². The quantitative estimate of drug-likeness (QED) is 0.798. The van der Waals surface area contributed by atoms with Crippen molar-refractivity contribution in [1.82, 2.24) is 5.32 Å². The molecule has 0 amide bonds. The van der Waals surface area contributed by atoms with Crippen molar-refractivity contribution in [3.8, 4) is 0 Å². The monoisotopic (exact) mass is 364 g/mol. The summed E-state index contributed by atoms with van der Waals surface area (Å²) in [5.74, 6) is -0.134. The number of hydrogen-bond donors (Lipinski definition) is 2. The zero-order chi connectivity index (χ0) is 19.4. The SMILES string of the molecule is CCOC(=O)C1=C(c2ccccc2)NC(N)=NC1c1ccc(N(C)C)cc1. The van der Waals surface area contributed by atoms with Crippen LogP contribution in [-0.4, -0.2) is 32.6 Å². The van der Waals surface area contributed by atoms with E-state index >= 15 is 0 Å². The second-order valence-electron chi connectivity index (χ2n) is 6.40. The average molecular weight is 364 g/mol. The topological polar surface area (TPSA) is 79.9 Å². The van der Waals surface area contributed by atoms with E-state index in [0.29, 0.717) is 11.3 Å². The van der Waals surface area contributed by atoms with Gasteiger partial charge in [-0.15, -0.1) is 0 Å². The lowest BCUT2D eigenvalue weighted by molar-refractivity contribution is -0.138. The van der Waals surface area contributed by atoms with Crippen LogP contribution in [0, 0.1) is 0 Å². The summed E-state index contributed by atoms with van der Waals surface area (Å²) >= 11 is 0. The highest BCUT2D eigenvalue weighted by atomic mass is 16.5. The van der Waals surface area contributed by atoms with E-state index in [1.165, 1.54) is 0 Å². The number of esters is 1. The van der Waals surface area contributed by atoms with E-state index in [9.17, 15) is 4.79 Å². The number of benzene rings is 2. The largest absolute Gasteiger partial charge is 0.463 e. The number of anilines is 1. The molecule has 0 spiro atoms. The third-order valence-corrected chi connectivity index (χ3v) is 4.35. The molecule has 1 atom stereocenters. The molecule has 0 fully saturated rings. The lowest BCUT2D eigenvalue weighted by atomic mass is 9.93. The molecule has 1 unspecified atom stereocenters. The molecule has 1 aliphatic rings. The number of nitrogens with one attached hydrogen (secondary N) is 1. The summed E-state index contributed by atoms with van der Waals surface area (Å²) in [5, 5.41) is 3.05. The lowest BCUT2D eigenvalue weighted by Gasteiger charge is -2.26. The number of rotatable bonds is 5. The van der Waals surface area contributed by atoms with Crippen molar-refractivity contribution in [2.75, 3.05) is 25.6 Å². The zero-order valence-corrected chi connectivity index (χ0v) is 15.8. The third kappa shape index (κ3) is 3.95. The number of nitrogens with two attached hydrogens (primary N) is 1. The fraction of sp³-hybridized carbons (Fsp3) is 0.238. The first kappa shape index (κ1) is 18.5. The molecule has 0 aromatic heterocycles. The van der Waals surface area contributed by atoms with Crippen molar-refractivity contribution < 1.29 is 9.53 Å². The summed E-state index contributed by atoms with van der Waals surface area (Å²) in [6.07, 6.45) is 0. The molecule has 0 bridgehead atoms. The van der Waals surface area contributed by atoms with E-state index in [1.807, 2.05) is 73.6 Å². The molecule has 0 saturated heterocycles. The van der Waals surface area contributed by atoms with Gasteiger partial charge in [0.15, 0.2) is 5.96 Å². The van der Waals surface area contributed by atoms with Crippen LogP contribution in [0.15, 0.2) is 65.2 Å². The first-order valence-corrected chi connectivity index (χ1v) is 8.85. The Morgan fingerprint density at radius 2 is 1.81 bits per heavy atom. The van der Waals surface area contributed by atoms with Crippen LogP contribution in [0.4, 0.5) is 5.69 Å². The van der Waals surface area contributed by atoms with Crippen LogP contribution in [0.1, 0.15) is 24.1 Å². The van der Waals surface area contributed by atoms with Gasteiger partial charge in [0, 0.05) is 19.8 Å². The highest BCUT2D eigenvalue weighted by molar-refractivity contribution is 6.04. The fourth-order valence-electron chi connectivity index (χ4n) is 3.02. The number of carbonyl (C=O) groups excluding carboxylic acids is 1. The van der Waals surface area contributed by atoms with Crippen LogP contribution in [0.25, 0.3) is 5.70 Å². The van der Waals surface area contributed by atoms with Gasteiger partial charge in [0.25, 0.3) is 0 Å². The number of carbonyl (C=O) groups is 1. The molecule has 27 heavy (non-hydrogen) atoms. The first-order valence-electron chi connectivity index (χ1n) is 8.85. The van der Waals surface area contributed by atoms with E-state index in [1.54, 1.807) is 6.92 Å². The molecule has 0 saturated carbocycles. The van der Waals surface area contributed by atoms with Crippen molar-refractivity contribution in [2.24, 2.45) is 10.7 Å². The minimum absolute atomic E-state index is 0.267. The van der Waals surface area contributed by atoms with Crippen molar-refractivity contribution in [2.45, 2.75) is 13.0 Å². The summed E-state index contributed by atoms with van der Waals surface area (Å²) in [7, 11) is 3.96. The van der Waals surface area contributed by atoms with Crippen LogP contribution in [0.3, 0.4) is 0 Å². The molecular weight excluding hydrogens is 340 g/mol. The molecule has 1 aliphatic heterocycles. The third-order valence-electron chi connectivity index (χ3n) is 4.35. The van der Waals surface area contributed by atoms with Crippen molar-refractivity contribution in [3.05, 3.63) is 71.3 Å². The second-order valence-corrected chi connectivity index (χ2v) is 6.40. The molecule has 1 heterocycles. The molecule has 0 aliphatic carbocycles. The Balaban J connectivity index is 2.12. The predicted octanol–water partition coefficient (Wildman–Crippen LogP) is 2.69. The number of guanidine groups is 1. The van der Waals surface area contributed by atoms with Gasteiger partial charge < -0.3 is 20.7 Å². The molecular formula is C21H24N4O2. The lowest BCUT2D eigenvalue weighted by Crippen LogP contribution is -2.37. The van der Waals surface area contributed by atoms with Crippen LogP contribution in [-0.2, 0) is 9.53 Å². The normalized spacial score (nSPS) is 16.4. The Kier molecular flexibility index (Phi) is 5.45. The molecule has 3 rings (SSSR count). The highest BCUT2D eigenvalue weighted by Crippen LogP contribution is 2.35. The van der Waals surface area contributed by atoms with Gasteiger partial charge in [0.2, 0.25) is 0 Å². The number of hydrogen-bond acceptors (Lipinski definition) is 6. The van der Waals surface area contributed by atoms with Crippen LogP contribution in [0.2, 0.25) is 0 Å². The molecule has 2 aromatic rings. The Hall–Kier alpha value is -3.28. The Bertz CT molecular complexity index is 871. The van der Waals surface area contributed by atoms with E-state index in [0.717, 1.165) is 16.8 Å². The molecule has 6 nitrogen and oxygen atoms in total. The highest BCUT2D eigenvalue weighted by Gasteiger charge is 2.32. The second kappa shape index (κ2) is 7.95. The summed E-state index contributed by atoms with van der Waals surface area (Å²) in [5.41, 5.74) is 9.93. The average Bonchev–Trinajstić information content (AvgIpc) is 2.68. The first-order chi connectivity index (χ1) is 13.0. The van der Waals surface area contributed by atoms with Crippen molar-refractivity contribution in [3.63, 3.8) is 0 Å². The summed E-state index contributed by atoms with van der Waals surface area (Å²) in [6.45, 7) is 2.07. The van der Waals surface area contributed by atoms with Gasteiger partial charge in [0.1, 0.15) is 6.04 Å². The smallest absolute Gasteiger partial charge is 0.338 e. The Morgan fingerprint density at radius 1 is 1.15 bits per heavy atom. The molecule has 3 N–H and O–H groups in total. The van der Waals surface area contributed by atoms with Gasteiger partial charge in [-0.2, -0.15) is 0 Å². The molecule has 140 valence electrons. The van der Waals surface area contributed by atoms with Gasteiger partial charge in [-0.1, -0.05) is 42.5 Å². The van der Waals surface area contributed by atoms with Crippen LogP contribution in [0.5, 0.6) is 0 Å². The zero-order valence-electron chi connectivity index (χ0n) is 15.8. The Labute approximate surface area is 159 Å². The van der Waals surface area contributed by atoms with E-state index < -0.39 is 12.0 Å². The number of aliphatic imine (C=N–C) groups is 1. The van der Waals surface area contributed by atoms with Crippen LogP contribution < -0.4 is 16.0 Å². The number of nitrogens with zero attached hydrogens (tertiary/aromatic N) is 2. The van der Waals surface area contributed by atoms with Crippen molar-refractivity contribution in [1.29, 1.82) is 0 Å². The molecule has 6 heteroatoms. The minimum atomic E-state index is -0.531. The maximum absolute atomic E-state index is 12.8. The maximum Gasteiger partial charge on any atom is 0.338 e. The standard InChI is InChI=1S/C21H24N4O2/c1-4-27-20(26)17-18(14-8-6-5-7-9-14)23-21(22)24-19(17)15-10-12-16(13-11-15)25(2)3/h5-13,19H,4H2,1-3H3,(H3,22,23,24). The fourth-order valence-corrected chi connectivity index (χ4v) is 3.02. The van der Waals surface area contributed by atoms with Gasteiger partial charge >= 0.3 is 5.97 Å². The minimum Gasteiger partial charge on any atom is -0.463 e. The Morgan fingerprint density at radius 3 is 2.41 bits per heavy atom. The molecule has 2 aromatic carbocycles. The van der Waals surface area contributed by atoms with E-state index in [-0.39, 0.29) is 12.6 Å². The summed E-state index contributed by atoms with van der Waals surface area (Å²) in [6, 6.07) is 17.0.